The van der Waals surface area contributed by atoms with E-state index in [1.54, 1.807) is 32.9 Å². The van der Waals surface area contributed by atoms with Gasteiger partial charge in [-0.25, -0.2) is 6.57 Å². The molecular weight excluding hydrogens is 242 g/mol. The molecule has 0 aliphatic heterocycles. The highest BCUT2D eigenvalue weighted by atomic mass is 16.5. The molecule has 0 aromatic carbocycles. The molecule has 2 atom stereocenters. The molecule has 5 nitrogen and oxygen atoms in total. The Bertz CT molecular complexity index is 526. The lowest BCUT2D eigenvalue weighted by Crippen LogP contribution is -2.29. The third kappa shape index (κ3) is 2.83. The molecule has 1 aromatic rings. The predicted molar refractivity (Wildman–Crippen MR) is 69.9 cm³/mol. The van der Waals surface area contributed by atoms with Crippen molar-refractivity contribution in [2.75, 3.05) is 0 Å². The van der Waals surface area contributed by atoms with Crippen LogP contribution in [-0.2, 0) is 5.60 Å². The van der Waals surface area contributed by atoms with E-state index in [0.29, 0.717) is 11.5 Å². The number of rotatable bonds is 5. The van der Waals surface area contributed by atoms with Gasteiger partial charge in [-0.15, -0.1) is 6.58 Å². The van der Waals surface area contributed by atoms with E-state index in [2.05, 4.69) is 16.6 Å². The molecule has 0 fully saturated rings. The third-order valence-electron chi connectivity index (χ3n) is 3.14. The van der Waals surface area contributed by atoms with Gasteiger partial charge < -0.3 is 9.63 Å². The van der Waals surface area contributed by atoms with Gasteiger partial charge in [-0.1, -0.05) is 11.2 Å². The van der Waals surface area contributed by atoms with Crippen LogP contribution in [0.5, 0.6) is 0 Å². The minimum atomic E-state index is -1.24. The first-order chi connectivity index (χ1) is 8.80. The molecule has 0 aliphatic carbocycles. The molecule has 0 saturated heterocycles. The zero-order chi connectivity index (χ0) is 14.7. The third-order valence-corrected chi connectivity index (χ3v) is 3.14. The average molecular weight is 259 g/mol. The maximum Gasteiger partial charge on any atom is 0.327 e. The lowest BCUT2D eigenvalue weighted by molar-refractivity contribution is 0.0474. The van der Waals surface area contributed by atoms with Crippen molar-refractivity contribution in [1.29, 1.82) is 5.26 Å². The predicted octanol–water partition coefficient (Wildman–Crippen LogP) is 2.76. The molecule has 0 saturated carbocycles. The highest BCUT2D eigenvalue weighted by Gasteiger charge is 2.45. The molecule has 0 aliphatic rings. The van der Waals surface area contributed by atoms with Crippen LogP contribution in [0.1, 0.15) is 44.6 Å². The van der Waals surface area contributed by atoms with Crippen molar-refractivity contribution in [2.24, 2.45) is 0 Å². The quantitative estimate of drug-likeness (QED) is 0.651. The Morgan fingerprint density at radius 2 is 2.37 bits per heavy atom. The minimum Gasteiger partial charge on any atom is -0.382 e. The van der Waals surface area contributed by atoms with Crippen LogP contribution in [0.15, 0.2) is 23.2 Å². The number of nitriles is 1. The summed E-state index contributed by atoms with van der Waals surface area (Å²) in [5.41, 5.74) is -1.90. The van der Waals surface area contributed by atoms with Crippen molar-refractivity contribution >= 4 is 0 Å². The lowest BCUT2D eigenvalue weighted by Gasteiger charge is -2.18. The van der Waals surface area contributed by atoms with Crippen molar-refractivity contribution < 1.29 is 9.63 Å². The number of aromatic nitrogens is 1. The Kier molecular flexibility index (Phi) is 4.14. The zero-order valence-corrected chi connectivity index (χ0v) is 11.3. The van der Waals surface area contributed by atoms with Crippen LogP contribution in [0.2, 0.25) is 0 Å². The number of nitrogens with zero attached hydrogens (tertiary/aromatic N) is 3. The maximum atomic E-state index is 9.83. The first-order valence-electron chi connectivity index (χ1n) is 5.91. The zero-order valence-electron chi connectivity index (χ0n) is 11.3. The number of aliphatic hydroxyl groups is 1. The van der Waals surface area contributed by atoms with Crippen LogP contribution in [0.4, 0.5) is 0 Å². The van der Waals surface area contributed by atoms with Gasteiger partial charge in [0, 0.05) is 6.07 Å². The average Bonchev–Trinajstić information content (AvgIpc) is 2.84. The van der Waals surface area contributed by atoms with E-state index in [-0.39, 0.29) is 6.42 Å². The smallest absolute Gasteiger partial charge is 0.327 e. The molecule has 0 radical (unpaired) electrons. The molecule has 1 heterocycles. The van der Waals surface area contributed by atoms with E-state index in [0.717, 1.165) is 0 Å². The second-order valence-electron chi connectivity index (χ2n) is 5.04. The van der Waals surface area contributed by atoms with Gasteiger partial charge in [0.1, 0.15) is 5.60 Å². The Labute approximate surface area is 113 Å². The molecule has 5 heteroatoms. The van der Waals surface area contributed by atoms with Gasteiger partial charge in [-0.05, 0) is 20.8 Å². The summed E-state index contributed by atoms with van der Waals surface area (Å²) in [6.07, 6.45) is 1.80. The largest absolute Gasteiger partial charge is 0.382 e. The molecule has 1 rings (SSSR count). The van der Waals surface area contributed by atoms with Gasteiger partial charge in [-0.2, -0.15) is 5.26 Å². The molecule has 0 bridgehead atoms. The summed E-state index contributed by atoms with van der Waals surface area (Å²) in [4.78, 5) is 3.45. The summed E-state index contributed by atoms with van der Waals surface area (Å²) in [5, 5.41) is 23.0. The Hall–Kier alpha value is -2.11. The van der Waals surface area contributed by atoms with E-state index in [9.17, 15) is 10.4 Å². The standard InChI is InChI=1S/C14H17N3O2/c1-6-7-14(9-15,16-5)10(2)11-8-12(19-17-11)13(3,4)18/h6,8,10,18H,1,7H2,2-4H3. The highest BCUT2D eigenvalue weighted by molar-refractivity contribution is 5.30. The second kappa shape index (κ2) is 5.26. The molecule has 19 heavy (non-hydrogen) atoms. The Morgan fingerprint density at radius 3 is 2.74 bits per heavy atom. The topological polar surface area (TPSA) is 74.4 Å². The van der Waals surface area contributed by atoms with Gasteiger partial charge in [0.2, 0.25) is 0 Å². The minimum absolute atomic E-state index is 0.249. The first-order valence-corrected chi connectivity index (χ1v) is 5.91. The van der Waals surface area contributed by atoms with E-state index >= 15 is 0 Å². The van der Waals surface area contributed by atoms with E-state index in [1.807, 2.05) is 6.07 Å². The Morgan fingerprint density at radius 1 is 1.74 bits per heavy atom. The van der Waals surface area contributed by atoms with E-state index in [4.69, 9.17) is 11.1 Å². The fourth-order valence-electron chi connectivity index (χ4n) is 1.73. The summed E-state index contributed by atoms with van der Waals surface area (Å²) in [6.45, 7) is 15.8. The lowest BCUT2D eigenvalue weighted by atomic mass is 9.82. The summed E-state index contributed by atoms with van der Waals surface area (Å²) in [6, 6.07) is 3.63. The van der Waals surface area contributed by atoms with Crippen LogP contribution in [0.3, 0.4) is 0 Å². The summed E-state index contributed by atoms with van der Waals surface area (Å²) < 4.78 is 5.07. The SMILES string of the molecule is [C-]#[N+]C(C#N)(CC=C)C(C)c1cc(C(C)(C)O)on1. The molecular formula is C14H17N3O2. The monoisotopic (exact) mass is 259 g/mol. The second-order valence-corrected chi connectivity index (χ2v) is 5.04. The highest BCUT2D eigenvalue weighted by Crippen LogP contribution is 2.35. The summed E-state index contributed by atoms with van der Waals surface area (Å²) >= 11 is 0. The van der Waals surface area contributed by atoms with Gasteiger partial charge in [0.15, 0.2) is 11.8 Å². The maximum absolute atomic E-state index is 9.83. The van der Waals surface area contributed by atoms with Crippen LogP contribution >= 0.6 is 0 Å². The summed E-state index contributed by atoms with van der Waals surface area (Å²) in [5.74, 6) is -0.127. The first kappa shape index (κ1) is 14.9. The Balaban J connectivity index is 3.16. The van der Waals surface area contributed by atoms with Crippen LogP contribution in [-0.4, -0.2) is 15.8 Å². The van der Waals surface area contributed by atoms with Crippen molar-refractivity contribution in [3.63, 3.8) is 0 Å². The fraction of sp³-hybridized carbons (Fsp3) is 0.500. The fourth-order valence-corrected chi connectivity index (χ4v) is 1.73. The molecule has 2 unspecified atom stereocenters. The number of hydrogen-bond donors (Lipinski definition) is 1. The van der Waals surface area contributed by atoms with E-state index < -0.39 is 17.1 Å². The van der Waals surface area contributed by atoms with Crippen molar-refractivity contribution in [3.8, 4) is 6.07 Å². The molecule has 0 spiro atoms. The van der Waals surface area contributed by atoms with Gasteiger partial charge in [-0.3, -0.25) is 4.85 Å². The van der Waals surface area contributed by atoms with Crippen LogP contribution < -0.4 is 0 Å². The van der Waals surface area contributed by atoms with Crippen molar-refractivity contribution in [1.82, 2.24) is 5.16 Å². The number of hydrogen-bond acceptors (Lipinski definition) is 4. The van der Waals surface area contributed by atoms with Gasteiger partial charge in [0.05, 0.1) is 18.0 Å². The normalized spacial score (nSPS) is 15.9. The molecule has 1 N–H and O–H groups in total. The van der Waals surface area contributed by atoms with Gasteiger partial charge >= 0.3 is 5.54 Å². The van der Waals surface area contributed by atoms with Crippen LogP contribution in [0.25, 0.3) is 4.85 Å². The molecule has 1 aromatic heterocycles. The van der Waals surface area contributed by atoms with Crippen molar-refractivity contribution in [3.05, 3.63) is 41.6 Å². The van der Waals surface area contributed by atoms with Crippen molar-refractivity contribution in [2.45, 2.75) is 44.2 Å². The molecule has 100 valence electrons. The van der Waals surface area contributed by atoms with Crippen LogP contribution in [0, 0.1) is 17.9 Å². The molecule has 0 amide bonds. The van der Waals surface area contributed by atoms with E-state index in [1.165, 1.54) is 0 Å². The summed E-state index contributed by atoms with van der Waals surface area (Å²) in [7, 11) is 0. The van der Waals surface area contributed by atoms with Gasteiger partial charge in [0.25, 0.3) is 0 Å².